The molecule has 2 saturated heterocycles. The van der Waals surface area contributed by atoms with Crippen molar-refractivity contribution in [3.63, 3.8) is 0 Å². The van der Waals surface area contributed by atoms with E-state index in [-0.39, 0.29) is 18.0 Å². The van der Waals surface area contributed by atoms with E-state index in [1.54, 1.807) is 4.90 Å². The van der Waals surface area contributed by atoms with Gasteiger partial charge in [0.05, 0.1) is 0 Å². The van der Waals surface area contributed by atoms with E-state index in [0.717, 1.165) is 24.1 Å². The Morgan fingerprint density at radius 1 is 1.21 bits per heavy atom. The average Bonchev–Trinajstić information content (AvgIpc) is 2.96. The summed E-state index contributed by atoms with van der Waals surface area (Å²) in [6, 6.07) is 7.22. The van der Waals surface area contributed by atoms with E-state index in [9.17, 15) is 9.59 Å². The van der Waals surface area contributed by atoms with Gasteiger partial charge in [-0.3, -0.25) is 9.69 Å². The average molecular weight is 259 g/mol. The van der Waals surface area contributed by atoms with Gasteiger partial charge in [-0.05, 0) is 37.0 Å². The molecule has 1 atom stereocenters. The summed E-state index contributed by atoms with van der Waals surface area (Å²) in [5.41, 5.74) is 7.43. The van der Waals surface area contributed by atoms with Gasteiger partial charge >= 0.3 is 6.03 Å². The van der Waals surface area contributed by atoms with Crippen LogP contribution >= 0.6 is 0 Å². The topological polar surface area (TPSA) is 66.6 Å². The number of nitrogen functional groups attached to an aromatic ring is 1. The number of hydrogen-bond acceptors (Lipinski definition) is 3. The van der Waals surface area contributed by atoms with E-state index in [1.165, 1.54) is 4.90 Å². The highest BCUT2D eigenvalue weighted by atomic mass is 16.2. The van der Waals surface area contributed by atoms with Gasteiger partial charge < -0.3 is 10.6 Å². The third-order valence-electron chi connectivity index (χ3n) is 3.88. The lowest BCUT2D eigenvalue weighted by atomic mass is 10.1. The van der Waals surface area contributed by atoms with Gasteiger partial charge in [-0.25, -0.2) is 4.79 Å². The van der Waals surface area contributed by atoms with Crippen LogP contribution in [-0.2, 0) is 11.2 Å². The van der Waals surface area contributed by atoms with E-state index < -0.39 is 0 Å². The van der Waals surface area contributed by atoms with Gasteiger partial charge in [-0.15, -0.1) is 0 Å². The maximum absolute atomic E-state index is 12.1. The molecule has 2 aliphatic rings. The molecule has 2 fully saturated rings. The lowest BCUT2D eigenvalue weighted by Crippen LogP contribution is -2.34. The van der Waals surface area contributed by atoms with Crippen LogP contribution in [0.1, 0.15) is 18.4 Å². The standard InChI is InChI=1S/C14H17N3O2/c15-11-5-3-10(4-6-11)7-9-17-13(18)12-2-1-8-16(12)14(17)19/h3-6,12H,1-2,7-9,15H2. The highest BCUT2D eigenvalue weighted by Crippen LogP contribution is 2.27. The van der Waals surface area contributed by atoms with Gasteiger partial charge in [-0.1, -0.05) is 12.1 Å². The summed E-state index contributed by atoms with van der Waals surface area (Å²) in [7, 11) is 0. The third-order valence-corrected chi connectivity index (χ3v) is 3.88. The zero-order chi connectivity index (χ0) is 13.4. The molecule has 5 heteroatoms. The molecule has 3 rings (SSSR count). The molecule has 0 spiro atoms. The Bertz CT molecular complexity index is 490. The van der Waals surface area contributed by atoms with Gasteiger partial charge in [0.15, 0.2) is 0 Å². The Kier molecular flexibility index (Phi) is 2.89. The largest absolute Gasteiger partial charge is 0.399 e. The summed E-state index contributed by atoms with van der Waals surface area (Å²) in [4.78, 5) is 27.3. The van der Waals surface area contributed by atoms with Crippen molar-refractivity contribution in [3.05, 3.63) is 29.8 Å². The number of nitrogens with two attached hydrogens (primary N) is 1. The van der Waals surface area contributed by atoms with Crippen LogP contribution in [0.5, 0.6) is 0 Å². The number of amides is 3. The molecule has 100 valence electrons. The minimum Gasteiger partial charge on any atom is -0.399 e. The highest BCUT2D eigenvalue weighted by molar-refractivity contribution is 6.04. The molecule has 0 aliphatic carbocycles. The fourth-order valence-corrected chi connectivity index (χ4v) is 2.81. The number of nitrogens with zero attached hydrogens (tertiary/aromatic N) is 2. The number of imide groups is 1. The second-order valence-corrected chi connectivity index (χ2v) is 5.12. The number of benzene rings is 1. The van der Waals surface area contributed by atoms with Crippen LogP contribution in [0.25, 0.3) is 0 Å². The summed E-state index contributed by atoms with van der Waals surface area (Å²) < 4.78 is 0. The van der Waals surface area contributed by atoms with Crippen LogP contribution in [0.3, 0.4) is 0 Å². The molecule has 1 unspecified atom stereocenters. The molecule has 1 aromatic rings. The zero-order valence-electron chi connectivity index (χ0n) is 10.7. The van der Waals surface area contributed by atoms with E-state index in [0.29, 0.717) is 19.5 Å². The van der Waals surface area contributed by atoms with Gasteiger partial charge in [-0.2, -0.15) is 0 Å². The highest BCUT2D eigenvalue weighted by Gasteiger charge is 2.46. The Hall–Kier alpha value is -2.04. The normalized spacial score (nSPS) is 22.2. The zero-order valence-corrected chi connectivity index (χ0v) is 10.7. The summed E-state index contributed by atoms with van der Waals surface area (Å²) >= 11 is 0. The first-order valence-electron chi connectivity index (χ1n) is 6.63. The predicted octanol–water partition coefficient (Wildman–Crippen LogP) is 1.24. The second kappa shape index (κ2) is 4.57. The maximum Gasteiger partial charge on any atom is 0.327 e. The first kappa shape index (κ1) is 12.0. The number of rotatable bonds is 3. The van der Waals surface area contributed by atoms with Crippen LogP contribution in [-0.4, -0.2) is 40.9 Å². The summed E-state index contributed by atoms with van der Waals surface area (Å²) in [6.07, 6.45) is 2.43. The number of urea groups is 1. The van der Waals surface area contributed by atoms with Crippen LogP contribution in [0.15, 0.2) is 24.3 Å². The minimum atomic E-state index is -0.195. The lowest BCUT2D eigenvalue weighted by Gasteiger charge is -2.15. The van der Waals surface area contributed by atoms with Crippen LogP contribution in [0.2, 0.25) is 0 Å². The van der Waals surface area contributed by atoms with Crippen molar-refractivity contribution in [2.24, 2.45) is 0 Å². The van der Waals surface area contributed by atoms with Gasteiger partial charge in [0.2, 0.25) is 0 Å². The molecule has 3 amide bonds. The Morgan fingerprint density at radius 2 is 1.95 bits per heavy atom. The molecule has 0 saturated carbocycles. The Morgan fingerprint density at radius 3 is 2.63 bits per heavy atom. The molecule has 0 radical (unpaired) electrons. The van der Waals surface area contributed by atoms with Crippen molar-refractivity contribution in [3.8, 4) is 0 Å². The molecular formula is C14H17N3O2. The predicted molar refractivity (Wildman–Crippen MR) is 71.4 cm³/mol. The first-order valence-corrected chi connectivity index (χ1v) is 6.63. The molecule has 0 aromatic heterocycles. The van der Waals surface area contributed by atoms with Gasteiger partial charge in [0.25, 0.3) is 5.91 Å². The van der Waals surface area contributed by atoms with Crippen molar-refractivity contribution in [2.45, 2.75) is 25.3 Å². The minimum absolute atomic E-state index is 0.0297. The van der Waals surface area contributed by atoms with E-state index in [4.69, 9.17) is 5.73 Å². The van der Waals surface area contributed by atoms with Gasteiger partial charge in [0.1, 0.15) is 6.04 Å². The second-order valence-electron chi connectivity index (χ2n) is 5.12. The van der Waals surface area contributed by atoms with E-state index >= 15 is 0 Å². The fraction of sp³-hybridized carbons (Fsp3) is 0.429. The van der Waals surface area contributed by atoms with E-state index in [1.807, 2.05) is 24.3 Å². The molecule has 2 aliphatic heterocycles. The van der Waals surface area contributed by atoms with Crippen molar-refractivity contribution >= 4 is 17.6 Å². The molecule has 5 nitrogen and oxygen atoms in total. The van der Waals surface area contributed by atoms with Crippen molar-refractivity contribution in [1.82, 2.24) is 9.80 Å². The molecular weight excluding hydrogens is 242 g/mol. The fourth-order valence-electron chi connectivity index (χ4n) is 2.81. The molecule has 1 aromatic carbocycles. The number of fused-ring (bicyclic) bond motifs is 1. The maximum atomic E-state index is 12.1. The van der Waals surface area contributed by atoms with Gasteiger partial charge in [0, 0.05) is 18.8 Å². The molecule has 2 heterocycles. The Labute approximate surface area is 112 Å². The third kappa shape index (κ3) is 2.05. The Balaban J connectivity index is 1.66. The number of carbonyl (C=O) groups is 2. The number of hydrogen-bond donors (Lipinski definition) is 1. The molecule has 2 N–H and O–H groups in total. The lowest BCUT2D eigenvalue weighted by molar-refractivity contribution is -0.127. The monoisotopic (exact) mass is 259 g/mol. The summed E-state index contributed by atoms with van der Waals surface area (Å²) in [5, 5.41) is 0. The van der Waals surface area contributed by atoms with Crippen LogP contribution < -0.4 is 5.73 Å². The smallest absolute Gasteiger partial charge is 0.327 e. The number of anilines is 1. The van der Waals surface area contributed by atoms with E-state index in [2.05, 4.69) is 0 Å². The summed E-state index contributed by atoms with van der Waals surface area (Å²) in [5.74, 6) is -0.0297. The number of carbonyl (C=O) groups excluding carboxylic acids is 2. The molecule has 19 heavy (non-hydrogen) atoms. The first-order chi connectivity index (χ1) is 9.16. The van der Waals surface area contributed by atoms with Crippen molar-refractivity contribution in [2.75, 3.05) is 18.8 Å². The quantitative estimate of drug-likeness (QED) is 0.656. The van der Waals surface area contributed by atoms with Crippen molar-refractivity contribution in [1.29, 1.82) is 0 Å². The molecule has 0 bridgehead atoms. The summed E-state index contributed by atoms with van der Waals surface area (Å²) in [6.45, 7) is 1.17. The van der Waals surface area contributed by atoms with Crippen molar-refractivity contribution < 1.29 is 9.59 Å². The van der Waals surface area contributed by atoms with Crippen LogP contribution in [0, 0.1) is 0 Å². The SMILES string of the molecule is Nc1ccc(CCN2C(=O)C3CCCN3C2=O)cc1. The van der Waals surface area contributed by atoms with Crippen LogP contribution in [0.4, 0.5) is 10.5 Å².